The van der Waals surface area contributed by atoms with E-state index in [0.717, 1.165) is 37.5 Å². The Hall–Kier alpha value is -0.370. The topological polar surface area (TPSA) is 43.1 Å². The summed E-state index contributed by atoms with van der Waals surface area (Å²) in [7, 11) is 0. The molecule has 1 saturated carbocycles. The van der Waals surface area contributed by atoms with Crippen molar-refractivity contribution >= 4 is 6.29 Å². The van der Waals surface area contributed by atoms with Gasteiger partial charge >= 0.3 is 0 Å². The molecule has 0 bridgehead atoms. The molecule has 0 aromatic heterocycles. The van der Waals surface area contributed by atoms with Gasteiger partial charge in [0.05, 0.1) is 0 Å². The van der Waals surface area contributed by atoms with Gasteiger partial charge in [-0.3, -0.25) is 0 Å². The fourth-order valence-corrected chi connectivity index (χ4v) is 2.40. The zero-order valence-corrected chi connectivity index (χ0v) is 12.0. The van der Waals surface area contributed by atoms with Crippen molar-refractivity contribution in [3.8, 4) is 0 Å². The number of nitrogens with two attached hydrogens (primary N) is 1. The SMILES string of the molecule is C.CCC1CCC(CN)CC1.CCCC(C)C=O. The van der Waals surface area contributed by atoms with Crippen LogP contribution in [0.5, 0.6) is 0 Å². The largest absolute Gasteiger partial charge is 0.330 e. The van der Waals surface area contributed by atoms with E-state index < -0.39 is 0 Å². The third-order valence-electron chi connectivity index (χ3n) is 3.85. The Morgan fingerprint density at radius 2 is 1.67 bits per heavy atom. The Kier molecular flexibility index (Phi) is 14.5. The van der Waals surface area contributed by atoms with Crippen LogP contribution in [0.1, 0.15) is 73.1 Å². The van der Waals surface area contributed by atoms with Crippen LogP contribution in [0.15, 0.2) is 0 Å². The molecule has 1 rings (SSSR count). The van der Waals surface area contributed by atoms with Crippen molar-refractivity contribution < 1.29 is 4.79 Å². The Labute approximate surface area is 115 Å². The number of carbonyl (C=O) groups is 1. The van der Waals surface area contributed by atoms with Crippen molar-refractivity contribution in [2.75, 3.05) is 6.54 Å². The third kappa shape index (κ3) is 9.64. The van der Waals surface area contributed by atoms with Crippen LogP contribution >= 0.6 is 0 Å². The van der Waals surface area contributed by atoms with E-state index in [-0.39, 0.29) is 13.3 Å². The molecule has 1 atom stereocenters. The van der Waals surface area contributed by atoms with E-state index in [0.29, 0.717) is 0 Å². The minimum Gasteiger partial charge on any atom is -0.330 e. The summed E-state index contributed by atoms with van der Waals surface area (Å²) in [5.41, 5.74) is 5.59. The zero-order chi connectivity index (χ0) is 13.1. The predicted octanol–water partition coefficient (Wildman–Crippen LogP) is 4.42. The first-order valence-corrected chi connectivity index (χ1v) is 7.33. The molecule has 2 N–H and O–H groups in total. The van der Waals surface area contributed by atoms with Crippen LogP contribution in [0.25, 0.3) is 0 Å². The highest BCUT2D eigenvalue weighted by molar-refractivity contribution is 5.52. The molecule has 0 heterocycles. The summed E-state index contributed by atoms with van der Waals surface area (Å²) in [5.74, 6) is 2.13. The molecule has 0 aromatic rings. The maximum absolute atomic E-state index is 9.89. The lowest BCUT2D eigenvalue weighted by Crippen LogP contribution is -2.20. The van der Waals surface area contributed by atoms with Crippen LogP contribution in [0, 0.1) is 17.8 Å². The second kappa shape index (κ2) is 13.1. The number of hydrogen-bond donors (Lipinski definition) is 1. The molecule has 0 saturated heterocycles. The maximum Gasteiger partial charge on any atom is 0.122 e. The van der Waals surface area contributed by atoms with Gasteiger partial charge in [-0.2, -0.15) is 0 Å². The standard InChI is InChI=1S/C9H19N.C6H12O.CH4/c1-2-8-3-5-9(7-10)6-4-8;1-3-4-6(2)5-7;/h8-9H,2-7,10H2,1H3;5-6H,3-4H2,1-2H3;1H4. The molecule has 0 radical (unpaired) electrons. The van der Waals surface area contributed by atoms with Gasteiger partial charge in [-0.1, -0.05) is 53.9 Å². The molecule has 1 aliphatic rings. The lowest BCUT2D eigenvalue weighted by atomic mass is 9.81. The summed E-state index contributed by atoms with van der Waals surface area (Å²) < 4.78 is 0. The highest BCUT2D eigenvalue weighted by Crippen LogP contribution is 2.29. The lowest BCUT2D eigenvalue weighted by Gasteiger charge is -2.26. The molecule has 2 nitrogen and oxygen atoms in total. The average molecular weight is 257 g/mol. The smallest absolute Gasteiger partial charge is 0.122 e. The van der Waals surface area contributed by atoms with Crippen LogP contribution in [-0.4, -0.2) is 12.8 Å². The quantitative estimate of drug-likeness (QED) is 0.741. The lowest BCUT2D eigenvalue weighted by molar-refractivity contribution is -0.110. The van der Waals surface area contributed by atoms with Gasteiger partial charge in [0.2, 0.25) is 0 Å². The molecule has 110 valence electrons. The van der Waals surface area contributed by atoms with Crippen LogP contribution in [0.2, 0.25) is 0 Å². The number of carbonyl (C=O) groups excluding carboxylic acids is 1. The Bertz CT molecular complexity index is 162. The van der Waals surface area contributed by atoms with E-state index in [9.17, 15) is 4.79 Å². The molecule has 18 heavy (non-hydrogen) atoms. The Morgan fingerprint density at radius 3 is 1.94 bits per heavy atom. The monoisotopic (exact) mass is 257 g/mol. The number of aldehydes is 1. The first-order valence-electron chi connectivity index (χ1n) is 7.33. The van der Waals surface area contributed by atoms with Gasteiger partial charge < -0.3 is 10.5 Å². The van der Waals surface area contributed by atoms with Gasteiger partial charge in [0, 0.05) is 5.92 Å². The normalized spacial score (nSPS) is 24.2. The molecule has 0 aliphatic heterocycles. The van der Waals surface area contributed by atoms with E-state index in [1.807, 2.05) is 6.92 Å². The van der Waals surface area contributed by atoms with E-state index in [1.165, 1.54) is 32.1 Å². The molecule has 0 spiro atoms. The fourth-order valence-electron chi connectivity index (χ4n) is 2.40. The van der Waals surface area contributed by atoms with Gasteiger partial charge in [-0.25, -0.2) is 0 Å². The van der Waals surface area contributed by atoms with Crippen molar-refractivity contribution in [3.05, 3.63) is 0 Å². The van der Waals surface area contributed by atoms with E-state index in [1.54, 1.807) is 0 Å². The van der Waals surface area contributed by atoms with Crippen molar-refractivity contribution in [2.24, 2.45) is 23.5 Å². The molecule has 1 aliphatic carbocycles. The van der Waals surface area contributed by atoms with Gasteiger partial charge in [0.15, 0.2) is 0 Å². The van der Waals surface area contributed by atoms with Gasteiger partial charge in [-0.05, 0) is 37.6 Å². The molecular formula is C16H35NO. The van der Waals surface area contributed by atoms with Crippen molar-refractivity contribution in [1.82, 2.24) is 0 Å². The summed E-state index contributed by atoms with van der Waals surface area (Å²) in [6, 6.07) is 0. The van der Waals surface area contributed by atoms with E-state index in [4.69, 9.17) is 5.73 Å². The van der Waals surface area contributed by atoms with Crippen LogP contribution in [0.4, 0.5) is 0 Å². The van der Waals surface area contributed by atoms with Crippen molar-refractivity contribution in [2.45, 2.75) is 73.1 Å². The number of hydrogen-bond acceptors (Lipinski definition) is 2. The second-order valence-electron chi connectivity index (χ2n) is 5.43. The first-order chi connectivity index (χ1) is 8.17. The summed E-state index contributed by atoms with van der Waals surface area (Å²) in [6.45, 7) is 7.24. The second-order valence-corrected chi connectivity index (χ2v) is 5.43. The highest BCUT2D eigenvalue weighted by atomic mass is 16.1. The summed E-state index contributed by atoms with van der Waals surface area (Å²) in [4.78, 5) is 9.89. The van der Waals surface area contributed by atoms with E-state index >= 15 is 0 Å². The van der Waals surface area contributed by atoms with E-state index in [2.05, 4.69) is 13.8 Å². The van der Waals surface area contributed by atoms with Crippen LogP contribution in [0.3, 0.4) is 0 Å². The molecule has 1 fully saturated rings. The minimum absolute atomic E-state index is 0. The van der Waals surface area contributed by atoms with Crippen molar-refractivity contribution in [1.29, 1.82) is 0 Å². The maximum atomic E-state index is 9.89. The van der Waals surface area contributed by atoms with Gasteiger partial charge in [0.25, 0.3) is 0 Å². The van der Waals surface area contributed by atoms with Crippen LogP contribution in [-0.2, 0) is 4.79 Å². The van der Waals surface area contributed by atoms with Crippen LogP contribution < -0.4 is 5.73 Å². The molecule has 0 aromatic carbocycles. The number of rotatable bonds is 5. The minimum atomic E-state index is 0. The summed E-state index contributed by atoms with van der Waals surface area (Å²) in [5, 5.41) is 0. The Morgan fingerprint density at radius 1 is 1.17 bits per heavy atom. The predicted molar refractivity (Wildman–Crippen MR) is 81.7 cm³/mol. The fraction of sp³-hybridized carbons (Fsp3) is 0.938. The average Bonchev–Trinajstić information content (AvgIpc) is 2.39. The van der Waals surface area contributed by atoms with Crippen molar-refractivity contribution in [3.63, 3.8) is 0 Å². The summed E-state index contributed by atoms with van der Waals surface area (Å²) >= 11 is 0. The first kappa shape index (κ1) is 20.0. The van der Waals surface area contributed by atoms with Gasteiger partial charge in [-0.15, -0.1) is 0 Å². The highest BCUT2D eigenvalue weighted by Gasteiger charge is 2.17. The molecule has 2 heteroatoms. The third-order valence-corrected chi connectivity index (χ3v) is 3.85. The Balaban J connectivity index is 0. The summed E-state index contributed by atoms with van der Waals surface area (Å²) in [6.07, 6.45) is 10.1. The van der Waals surface area contributed by atoms with Gasteiger partial charge in [0.1, 0.15) is 6.29 Å². The zero-order valence-electron chi connectivity index (χ0n) is 12.0. The molecule has 1 unspecified atom stereocenters. The molecule has 0 amide bonds. The molecular weight excluding hydrogens is 222 g/mol.